The van der Waals surface area contributed by atoms with Crippen LogP contribution in [0.4, 0.5) is 5.82 Å². The van der Waals surface area contributed by atoms with Crippen molar-refractivity contribution in [1.29, 1.82) is 0 Å². The average Bonchev–Trinajstić information content (AvgIpc) is 3.23. The molecule has 1 atom stereocenters. The number of carbonyl (C=O) groups is 1. The molecule has 1 amide bonds. The molecular weight excluding hydrogens is 348 g/mol. The maximum absolute atomic E-state index is 12.4. The van der Waals surface area contributed by atoms with Gasteiger partial charge in [-0.2, -0.15) is 5.10 Å². The fraction of sp³-hybridized carbons (Fsp3) is 0.500. The second-order valence-corrected chi connectivity index (χ2v) is 7.30. The largest absolute Gasteiger partial charge is 0.316 e. The molecule has 2 aromatic rings. The van der Waals surface area contributed by atoms with Crippen molar-refractivity contribution in [3.8, 4) is 5.69 Å². The molecule has 0 spiro atoms. The predicted molar refractivity (Wildman–Crippen MR) is 108 cm³/mol. The van der Waals surface area contributed by atoms with E-state index in [0.29, 0.717) is 18.3 Å². The summed E-state index contributed by atoms with van der Waals surface area (Å²) in [5.74, 6) is 1.75. The number of nitrogens with one attached hydrogen (secondary N) is 2. The molecule has 0 radical (unpaired) electrons. The van der Waals surface area contributed by atoms with Crippen LogP contribution in [0.1, 0.15) is 50.3 Å². The van der Waals surface area contributed by atoms with Crippen molar-refractivity contribution >= 4 is 24.1 Å². The van der Waals surface area contributed by atoms with E-state index < -0.39 is 0 Å². The zero-order valence-electron chi connectivity index (χ0n) is 15.8. The quantitative estimate of drug-likeness (QED) is 0.799. The van der Waals surface area contributed by atoms with Crippen molar-refractivity contribution in [2.24, 2.45) is 5.92 Å². The maximum atomic E-state index is 12.4. The molecule has 6 heteroatoms. The molecule has 5 nitrogen and oxygen atoms in total. The Bertz CT molecular complexity index is 718. The molecule has 1 saturated heterocycles. The molecule has 26 heavy (non-hydrogen) atoms. The van der Waals surface area contributed by atoms with Crippen molar-refractivity contribution in [1.82, 2.24) is 15.1 Å². The summed E-state index contributed by atoms with van der Waals surface area (Å²) >= 11 is 0. The van der Waals surface area contributed by atoms with E-state index in [1.807, 2.05) is 22.9 Å². The number of aromatic nitrogens is 2. The van der Waals surface area contributed by atoms with Crippen LogP contribution in [-0.2, 0) is 4.79 Å². The van der Waals surface area contributed by atoms with Crippen LogP contribution in [0.25, 0.3) is 5.69 Å². The first-order valence-electron chi connectivity index (χ1n) is 9.20. The van der Waals surface area contributed by atoms with Gasteiger partial charge in [0.2, 0.25) is 5.91 Å². The number of anilines is 1. The summed E-state index contributed by atoms with van der Waals surface area (Å²) in [5.41, 5.74) is 3.15. The van der Waals surface area contributed by atoms with Gasteiger partial charge >= 0.3 is 0 Å². The minimum atomic E-state index is 0. The van der Waals surface area contributed by atoms with E-state index in [1.165, 1.54) is 12.0 Å². The normalized spacial score (nSPS) is 16.5. The number of amides is 1. The van der Waals surface area contributed by atoms with Crippen LogP contribution in [0.3, 0.4) is 0 Å². The summed E-state index contributed by atoms with van der Waals surface area (Å²) in [6.45, 7) is 8.39. The van der Waals surface area contributed by atoms with Crippen LogP contribution in [0.2, 0.25) is 0 Å². The third kappa shape index (κ3) is 5.08. The highest BCUT2D eigenvalue weighted by atomic mass is 35.5. The number of hydrogen-bond acceptors (Lipinski definition) is 3. The molecule has 0 bridgehead atoms. The molecule has 1 aromatic carbocycles. The molecule has 0 aliphatic carbocycles. The van der Waals surface area contributed by atoms with E-state index in [0.717, 1.165) is 36.7 Å². The average molecular weight is 377 g/mol. The van der Waals surface area contributed by atoms with Crippen molar-refractivity contribution in [3.63, 3.8) is 0 Å². The monoisotopic (exact) mass is 376 g/mol. The zero-order chi connectivity index (χ0) is 17.8. The minimum absolute atomic E-state index is 0. The van der Waals surface area contributed by atoms with Gasteiger partial charge in [0.05, 0.1) is 11.4 Å². The molecular formula is C20H29ClN4O. The second-order valence-electron chi connectivity index (χ2n) is 7.30. The molecule has 1 aliphatic rings. The third-order valence-electron chi connectivity index (χ3n) is 4.81. The summed E-state index contributed by atoms with van der Waals surface area (Å²) in [5, 5.41) is 11.1. The molecule has 0 saturated carbocycles. The summed E-state index contributed by atoms with van der Waals surface area (Å²) in [4.78, 5) is 12.4. The lowest BCUT2D eigenvalue weighted by Crippen LogP contribution is -2.17. The fourth-order valence-corrected chi connectivity index (χ4v) is 3.15. The molecule has 2 heterocycles. The van der Waals surface area contributed by atoms with Gasteiger partial charge in [-0.3, -0.25) is 4.79 Å². The van der Waals surface area contributed by atoms with Gasteiger partial charge in [-0.05, 0) is 56.8 Å². The Labute approximate surface area is 162 Å². The minimum Gasteiger partial charge on any atom is -0.316 e. The Kier molecular flexibility index (Phi) is 7.23. The molecule has 3 rings (SSSR count). The van der Waals surface area contributed by atoms with E-state index in [1.54, 1.807) is 0 Å². The summed E-state index contributed by atoms with van der Waals surface area (Å²) < 4.78 is 1.84. The molecule has 2 N–H and O–H groups in total. The first-order valence-corrected chi connectivity index (χ1v) is 9.20. The number of aryl methyl sites for hydroxylation is 1. The Hall–Kier alpha value is -1.85. The van der Waals surface area contributed by atoms with E-state index in [9.17, 15) is 4.79 Å². The van der Waals surface area contributed by atoms with Gasteiger partial charge in [0.15, 0.2) is 0 Å². The molecule has 1 fully saturated rings. The van der Waals surface area contributed by atoms with Crippen LogP contribution in [-0.4, -0.2) is 28.8 Å². The van der Waals surface area contributed by atoms with E-state index in [2.05, 4.69) is 43.5 Å². The van der Waals surface area contributed by atoms with E-state index in [-0.39, 0.29) is 18.3 Å². The fourth-order valence-electron chi connectivity index (χ4n) is 3.15. The lowest BCUT2D eigenvalue weighted by Gasteiger charge is -2.11. The Balaban J connectivity index is 0.00000243. The predicted octanol–water partition coefficient (Wildman–Crippen LogP) is 4.05. The van der Waals surface area contributed by atoms with Gasteiger partial charge in [0.1, 0.15) is 5.82 Å². The van der Waals surface area contributed by atoms with Crippen LogP contribution in [0.5, 0.6) is 0 Å². The maximum Gasteiger partial charge on any atom is 0.225 e. The highest BCUT2D eigenvalue weighted by Crippen LogP contribution is 2.23. The van der Waals surface area contributed by atoms with Gasteiger partial charge in [-0.1, -0.05) is 31.5 Å². The smallest absolute Gasteiger partial charge is 0.225 e. The van der Waals surface area contributed by atoms with E-state index in [4.69, 9.17) is 5.10 Å². The summed E-state index contributed by atoms with van der Waals surface area (Å²) in [6, 6.07) is 10.2. The Morgan fingerprint density at radius 3 is 2.69 bits per heavy atom. The first kappa shape index (κ1) is 20.5. The number of carbonyl (C=O) groups excluding carboxylic acids is 1. The number of hydrogen-bond donors (Lipinski definition) is 2. The SMILES string of the molecule is Cc1ccc(-n2nc(C(C)C)cc2NC(=O)CCC2CCNC2)cc1.Cl. The van der Waals surface area contributed by atoms with E-state index >= 15 is 0 Å². The molecule has 1 aromatic heterocycles. The number of halogens is 1. The van der Waals surface area contributed by atoms with Crippen molar-refractivity contribution in [2.75, 3.05) is 18.4 Å². The van der Waals surface area contributed by atoms with Gasteiger partial charge in [0.25, 0.3) is 0 Å². The Morgan fingerprint density at radius 1 is 1.35 bits per heavy atom. The van der Waals surface area contributed by atoms with Crippen LogP contribution < -0.4 is 10.6 Å². The topological polar surface area (TPSA) is 59.0 Å². The number of benzene rings is 1. The van der Waals surface area contributed by atoms with Crippen LogP contribution in [0.15, 0.2) is 30.3 Å². The van der Waals surface area contributed by atoms with Crippen molar-refractivity contribution in [2.45, 2.75) is 46.0 Å². The lowest BCUT2D eigenvalue weighted by molar-refractivity contribution is -0.116. The van der Waals surface area contributed by atoms with Gasteiger partial charge < -0.3 is 10.6 Å². The van der Waals surface area contributed by atoms with Gasteiger partial charge in [0, 0.05) is 12.5 Å². The number of nitrogens with zero attached hydrogens (tertiary/aromatic N) is 2. The molecule has 142 valence electrons. The first-order chi connectivity index (χ1) is 12.0. The highest BCUT2D eigenvalue weighted by Gasteiger charge is 2.18. The molecule has 1 aliphatic heterocycles. The summed E-state index contributed by atoms with van der Waals surface area (Å²) in [6.07, 6.45) is 2.67. The van der Waals surface area contributed by atoms with Gasteiger partial charge in [-0.25, -0.2) is 4.68 Å². The van der Waals surface area contributed by atoms with Crippen molar-refractivity contribution < 1.29 is 4.79 Å². The second kappa shape index (κ2) is 9.19. The van der Waals surface area contributed by atoms with Gasteiger partial charge in [-0.15, -0.1) is 12.4 Å². The molecule has 1 unspecified atom stereocenters. The van der Waals surface area contributed by atoms with Crippen molar-refractivity contribution in [3.05, 3.63) is 41.6 Å². The summed E-state index contributed by atoms with van der Waals surface area (Å²) in [7, 11) is 0. The Morgan fingerprint density at radius 2 is 2.08 bits per heavy atom. The zero-order valence-corrected chi connectivity index (χ0v) is 16.6. The van der Waals surface area contributed by atoms with Crippen LogP contribution in [0, 0.1) is 12.8 Å². The third-order valence-corrected chi connectivity index (χ3v) is 4.81. The van der Waals surface area contributed by atoms with Crippen LogP contribution >= 0.6 is 12.4 Å². The standard InChI is InChI=1S/C20H28N4O.ClH/c1-14(2)18-12-19(22-20(25)9-6-16-10-11-21-13-16)24(23-18)17-7-4-15(3)5-8-17;/h4-5,7-8,12,14,16,21H,6,9-11,13H2,1-3H3,(H,22,25);1H. The highest BCUT2D eigenvalue weighted by molar-refractivity contribution is 5.90. The number of rotatable bonds is 6. The lowest BCUT2D eigenvalue weighted by atomic mass is 10.0.